The van der Waals surface area contributed by atoms with Crippen molar-refractivity contribution in [1.82, 2.24) is 9.78 Å². The van der Waals surface area contributed by atoms with E-state index in [1.807, 2.05) is 0 Å². The lowest BCUT2D eigenvalue weighted by Crippen LogP contribution is -2.21. The molecule has 6 nitrogen and oxygen atoms in total. The van der Waals surface area contributed by atoms with E-state index in [1.165, 1.54) is 17.3 Å². The van der Waals surface area contributed by atoms with Crippen LogP contribution in [0.2, 0.25) is 0 Å². The monoisotopic (exact) mass is 282 g/mol. The Balaban J connectivity index is 2.05. The molecule has 0 unspecified atom stereocenters. The first-order chi connectivity index (χ1) is 9.72. The van der Waals surface area contributed by atoms with Crippen LogP contribution in [0, 0.1) is 0 Å². The number of carboxylic acid groups (broad SMARTS) is 1. The minimum atomic E-state index is -0.995. The fourth-order valence-corrected chi connectivity index (χ4v) is 2.56. The van der Waals surface area contributed by atoms with Crippen molar-refractivity contribution < 1.29 is 19.4 Å². The molecule has 0 aromatic carbocycles. The zero-order chi connectivity index (χ0) is 14.4. The molecule has 1 aliphatic carbocycles. The largest absolute Gasteiger partial charge is 0.486 e. The van der Waals surface area contributed by atoms with Crippen molar-refractivity contribution in [2.45, 2.75) is 51.2 Å². The van der Waals surface area contributed by atoms with Crippen LogP contribution in [0.4, 0.5) is 0 Å². The van der Waals surface area contributed by atoms with Gasteiger partial charge in [0.15, 0.2) is 11.4 Å². The third-order valence-electron chi connectivity index (χ3n) is 3.57. The van der Waals surface area contributed by atoms with E-state index in [2.05, 4.69) is 5.10 Å². The molecule has 0 radical (unpaired) electrons. The average Bonchev–Trinajstić information content (AvgIpc) is 2.83. The number of carboxylic acids is 1. The van der Waals surface area contributed by atoms with Gasteiger partial charge in [0, 0.05) is 20.3 Å². The zero-order valence-corrected chi connectivity index (χ0v) is 11.9. The molecule has 1 heterocycles. The molecule has 1 aliphatic rings. The molecule has 0 saturated heterocycles. The number of carbonyl (C=O) groups is 1. The van der Waals surface area contributed by atoms with Crippen LogP contribution < -0.4 is 4.74 Å². The van der Waals surface area contributed by atoms with Gasteiger partial charge in [0.1, 0.15) is 0 Å². The van der Waals surface area contributed by atoms with Crippen molar-refractivity contribution in [3.8, 4) is 5.75 Å². The number of aryl methyl sites for hydroxylation is 1. The number of aromatic carboxylic acids is 1. The summed E-state index contributed by atoms with van der Waals surface area (Å²) in [6, 6.07) is 0. The van der Waals surface area contributed by atoms with Crippen LogP contribution in [0.1, 0.15) is 49.0 Å². The second-order valence-electron chi connectivity index (χ2n) is 5.11. The quantitative estimate of drug-likeness (QED) is 0.777. The van der Waals surface area contributed by atoms with E-state index >= 15 is 0 Å². The number of hydrogen-bond donors (Lipinski definition) is 1. The highest BCUT2D eigenvalue weighted by molar-refractivity contribution is 5.88. The van der Waals surface area contributed by atoms with Gasteiger partial charge in [-0.25, -0.2) is 4.79 Å². The summed E-state index contributed by atoms with van der Waals surface area (Å²) in [4.78, 5) is 11.4. The van der Waals surface area contributed by atoms with Crippen molar-refractivity contribution in [1.29, 1.82) is 0 Å². The third kappa shape index (κ3) is 3.72. The normalized spacial score (nSPS) is 16.2. The number of hydrogen-bond acceptors (Lipinski definition) is 4. The second kappa shape index (κ2) is 7.28. The predicted molar refractivity (Wildman–Crippen MR) is 73.2 cm³/mol. The van der Waals surface area contributed by atoms with Crippen LogP contribution in [0.15, 0.2) is 6.20 Å². The van der Waals surface area contributed by atoms with Gasteiger partial charge in [0.25, 0.3) is 0 Å². The molecular weight excluding hydrogens is 260 g/mol. The van der Waals surface area contributed by atoms with Crippen molar-refractivity contribution in [2.75, 3.05) is 13.7 Å². The molecule has 20 heavy (non-hydrogen) atoms. The predicted octanol–water partition coefficient (Wildman–Crippen LogP) is 2.33. The van der Waals surface area contributed by atoms with Crippen molar-refractivity contribution >= 4 is 5.97 Å². The van der Waals surface area contributed by atoms with Gasteiger partial charge in [-0.15, -0.1) is 0 Å². The summed E-state index contributed by atoms with van der Waals surface area (Å²) in [5.41, 5.74) is 0.145. The second-order valence-corrected chi connectivity index (χ2v) is 5.11. The van der Waals surface area contributed by atoms with Gasteiger partial charge in [-0.2, -0.15) is 5.10 Å². The minimum Gasteiger partial charge on any atom is -0.486 e. The first-order valence-corrected chi connectivity index (χ1v) is 7.17. The summed E-state index contributed by atoms with van der Waals surface area (Å²) in [6.07, 6.45) is 7.89. The maximum atomic E-state index is 11.4. The highest BCUT2D eigenvalue weighted by atomic mass is 16.5. The van der Waals surface area contributed by atoms with Crippen LogP contribution in [0.25, 0.3) is 0 Å². The summed E-state index contributed by atoms with van der Waals surface area (Å²) >= 11 is 0. The molecule has 1 fully saturated rings. The summed E-state index contributed by atoms with van der Waals surface area (Å²) < 4.78 is 12.3. The molecule has 1 saturated carbocycles. The van der Waals surface area contributed by atoms with Crippen LogP contribution in [0.3, 0.4) is 0 Å². The van der Waals surface area contributed by atoms with E-state index < -0.39 is 5.97 Å². The SMILES string of the molecule is COCCCn1ncc(OC2CCCCC2)c1C(=O)O. The summed E-state index contributed by atoms with van der Waals surface area (Å²) in [7, 11) is 1.62. The highest BCUT2D eigenvalue weighted by Crippen LogP contribution is 2.26. The van der Waals surface area contributed by atoms with Gasteiger partial charge in [-0.3, -0.25) is 4.68 Å². The Hall–Kier alpha value is -1.56. The molecule has 2 rings (SSSR count). The Labute approximate surface area is 118 Å². The maximum Gasteiger partial charge on any atom is 0.358 e. The Morgan fingerprint density at radius 2 is 2.20 bits per heavy atom. The van der Waals surface area contributed by atoms with Crippen LogP contribution in [-0.4, -0.2) is 40.7 Å². The molecular formula is C14H22N2O4. The molecule has 112 valence electrons. The van der Waals surface area contributed by atoms with Gasteiger partial charge in [-0.1, -0.05) is 6.42 Å². The summed E-state index contributed by atoms with van der Waals surface area (Å²) in [5.74, 6) is -0.604. The third-order valence-corrected chi connectivity index (χ3v) is 3.57. The van der Waals surface area contributed by atoms with Gasteiger partial charge < -0.3 is 14.6 Å². The van der Waals surface area contributed by atoms with Gasteiger partial charge >= 0.3 is 5.97 Å². The van der Waals surface area contributed by atoms with Gasteiger partial charge in [0.2, 0.25) is 0 Å². The fourth-order valence-electron chi connectivity index (χ4n) is 2.56. The lowest BCUT2D eigenvalue weighted by atomic mass is 9.98. The molecule has 6 heteroatoms. The van der Waals surface area contributed by atoms with Gasteiger partial charge in [-0.05, 0) is 32.1 Å². The molecule has 1 N–H and O–H groups in total. The van der Waals surface area contributed by atoms with Crippen LogP contribution in [-0.2, 0) is 11.3 Å². The highest BCUT2D eigenvalue weighted by Gasteiger charge is 2.23. The average molecular weight is 282 g/mol. The van der Waals surface area contributed by atoms with E-state index in [1.54, 1.807) is 7.11 Å². The first-order valence-electron chi connectivity index (χ1n) is 7.17. The number of aromatic nitrogens is 2. The molecule has 0 atom stereocenters. The lowest BCUT2D eigenvalue weighted by Gasteiger charge is -2.22. The van der Waals surface area contributed by atoms with E-state index in [4.69, 9.17) is 9.47 Å². The standard InChI is InChI=1S/C14H22N2O4/c1-19-9-5-8-16-13(14(17)18)12(10-15-16)20-11-6-3-2-4-7-11/h10-11H,2-9H2,1H3,(H,17,18). The van der Waals surface area contributed by atoms with E-state index in [9.17, 15) is 9.90 Å². The smallest absolute Gasteiger partial charge is 0.358 e. The molecule has 1 aromatic heterocycles. The Morgan fingerprint density at radius 1 is 1.45 bits per heavy atom. The number of nitrogens with zero attached hydrogens (tertiary/aromatic N) is 2. The molecule has 0 spiro atoms. The topological polar surface area (TPSA) is 73.6 Å². The Morgan fingerprint density at radius 3 is 2.85 bits per heavy atom. The fraction of sp³-hybridized carbons (Fsp3) is 0.714. The van der Waals surface area contributed by atoms with E-state index in [-0.39, 0.29) is 11.8 Å². The van der Waals surface area contributed by atoms with Crippen molar-refractivity contribution in [2.24, 2.45) is 0 Å². The van der Waals surface area contributed by atoms with E-state index in [0.29, 0.717) is 18.9 Å². The number of ether oxygens (including phenoxy) is 2. The summed E-state index contributed by atoms with van der Waals surface area (Å²) in [5, 5.41) is 13.5. The molecule has 0 amide bonds. The van der Waals surface area contributed by atoms with Crippen LogP contribution >= 0.6 is 0 Å². The van der Waals surface area contributed by atoms with Gasteiger partial charge in [0.05, 0.1) is 12.3 Å². The molecule has 0 bridgehead atoms. The molecule has 1 aromatic rings. The Kier molecular flexibility index (Phi) is 5.40. The minimum absolute atomic E-state index is 0.124. The zero-order valence-electron chi connectivity index (χ0n) is 11.9. The number of methoxy groups -OCH3 is 1. The Bertz CT molecular complexity index is 438. The van der Waals surface area contributed by atoms with E-state index in [0.717, 1.165) is 32.1 Å². The van der Waals surface area contributed by atoms with Crippen molar-refractivity contribution in [3.05, 3.63) is 11.9 Å². The maximum absolute atomic E-state index is 11.4. The van der Waals surface area contributed by atoms with Crippen molar-refractivity contribution in [3.63, 3.8) is 0 Å². The molecule has 0 aliphatic heterocycles. The first kappa shape index (κ1) is 14.8. The summed E-state index contributed by atoms with van der Waals surface area (Å²) in [6.45, 7) is 1.10. The lowest BCUT2D eigenvalue weighted by molar-refractivity contribution is 0.0670. The number of rotatable bonds is 7. The van der Waals surface area contributed by atoms with Crippen LogP contribution in [0.5, 0.6) is 5.75 Å².